The van der Waals surface area contributed by atoms with Gasteiger partial charge in [0, 0.05) is 6.42 Å². The molecule has 0 aromatic carbocycles. The predicted octanol–water partition coefficient (Wildman–Crippen LogP) is 14.5. The predicted molar refractivity (Wildman–Crippen MR) is 197 cm³/mol. The minimum atomic E-state index is -0.0258. The Balaban J connectivity index is 3.50. The lowest BCUT2D eigenvalue weighted by Gasteiger charge is -2.15. The van der Waals surface area contributed by atoms with Crippen molar-refractivity contribution in [3.63, 3.8) is 0 Å². The van der Waals surface area contributed by atoms with Gasteiger partial charge in [0.05, 0.1) is 0 Å². The Morgan fingerprint density at radius 3 is 1.52 bits per heavy atom. The van der Waals surface area contributed by atoms with Gasteiger partial charge in [0.2, 0.25) is 0 Å². The highest BCUT2D eigenvalue weighted by Gasteiger charge is 2.07. The molecule has 0 radical (unpaired) electrons. The van der Waals surface area contributed by atoms with Crippen molar-refractivity contribution in [2.24, 2.45) is 17.8 Å². The zero-order valence-corrected chi connectivity index (χ0v) is 31.1. The summed E-state index contributed by atoms with van der Waals surface area (Å²) in [5, 5.41) is 0. The van der Waals surface area contributed by atoms with E-state index in [0.29, 0.717) is 13.0 Å². The van der Waals surface area contributed by atoms with Crippen LogP contribution in [0.1, 0.15) is 215 Å². The number of carbonyl (C=O) groups excluding carboxylic acids is 1. The fourth-order valence-corrected chi connectivity index (χ4v) is 6.21. The number of esters is 1. The van der Waals surface area contributed by atoms with Crippen LogP contribution < -0.4 is 0 Å². The molecule has 0 heterocycles. The first-order valence-corrected chi connectivity index (χ1v) is 19.8. The summed E-state index contributed by atoms with van der Waals surface area (Å²) in [6.07, 6.45) is 41.9. The summed E-state index contributed by atoms with van der Waals surface area (Å²) in [5.74, 6) is 2.53. The maximum atomic E-state index is 12.1. The Kier molecular flexibility index (Phi) is 32.5. The normalized spacial score (nSPS) is 13.7. The van der Waals surface area contributed by atoms with Crippen LogP contribution in [-0.4, -0.2) is 12.6 Å². The van der Waals surface area contributed by atoms with Gasteiger partial charge in [-0.25, -0.2) is 0 Å². The molecule has 0 fully saturated rings. The molecule has 0 N–H and O–H groups in total. The minimum absolute atomic E-state index is 0.0258. The van der Waals surface area contributed by atoms with Crippen LogP contribution in [0, 0.1) is 17.8 Å². The molecule has 260 valence electrons. The van der Waals surface area contributed by atoms with Gasteiger partial charge in [-0.3, -0.25) is 4.79 Å². The van der Waals surface area contributed by atoms with Crippen molar-refractivity contribution in [2.45, 2.75) is 215 Å². The second kappa shape index (κ2) is 33.3. The third-order valence-electron chi connectivity index (χ3n) is 9.46. The molecule has 0 spiro atoms. The van der Waals surface area contributed by atoms with E-state index in [0.717, 1.165) is 37.0 Å². The molecule has 2 unspecified atom stereocenters. The summed E-state index contributed by atoms with van der Waals surface area (Å²) in [6, 6.07) is 0. The number of carbonyl (C=O) groups is 1. The van der Waals surface area contributed by atoms with Crippen LogP contribution in [0.2, 0.25) is 0 Å². The fourth-order valence-electron chi connectivity index (χ4n) is 6.21. The van der Waals surface area contributed by atoms with Crippen molar-refractivity contribution in [1.29, 1.82) is 0 Å². The third kappa shape index (κ3) is 33.8. The smallest absolute Gasteiger partial charge is 0.306 e. The van der Waals surface area contributed by atoms with Gasteiger partial charge in [-0.2, -0.15) is 0 Å². The van der Waals surface area contributed by atoms with Crippen molar-refractivity contribution in [3.05, 3.63) is 23.8 Å². The van der Waals surface area contributed by atoms with E-state index >= 15 is 0 Å². The zero-order chi connectivity index (χ0) is 32.5. The quantitative estimate of drug-likeness (QED) is 0.0416. The molecule has 0 saturated heterocycles. The minimum Gasteiger partial charge on any atom is -0.461 e. The summed E-state index contributed by atoms with van der Waals surface area (Å²) in [5.41, 5.74) is 1.36. The molecule has 0 rings (SSSR count). The molecule has 0 aromatic heterocycles. The lowest BCUT2D eigenvalue weighted by molar-refractivity contribution is -0.142. The van der Waals surface area contributed by atoms with Crippen LogP contribution in [0.5, 0.6) is 0 Å². The van der Waals surface area contributed by atoms with Crippen LogP contribution in [0.15, 0.2) is 23.8 Å². The monoisotopic (exact) mass is 617 g/mol. The van der Waals surface area contributed by atoms with E-state index in [-0.39, 0.29) is 5.97 Å². The Bertz CT molecular complexity index is 661. The van der Waals surface area contributed by atoms with E-state index < -0.39 is 0 Å². The molecule has 0 bridgehead atoms. The van der Waals surface area contributed by atoms with Gasteiger partial charge < -0.3 is 4.74 Å². The highest BCUT2D eigenvalue weighted by Crippen LogP contribution is 2.22. The highest BCUT2D eigenvalue weighted by molar-refractivity contribution is 5.69. The molecular weight excluding hydrogens is 536 g/mol. The Hall–Kier alpha value is -1.05. The molecule has 2 atom stereocenters. The Labute approximate surface area is 278 Å². The fraction of sp³-hybridized carbons (Fsp3) is 0.881. The average Bonchev–Trinajstić information content (AvgIpc) is 2.98. The highest BCUT2D eigenvalue weighted by atomic mass is 16.5. The van der Waals surface area contributed by atoms with Gasteiger partial charge in [0.25, 0.3) is 0 Å². The van der Waals surface area contributed by atoms with E-state index in [4.69, 9.17) is 4.74 Å². The number of hydrogen-bond acceptors (Lipinski definition) is 2. The first kappa shape index (κ1) is 43.0. The Morgan fingerprint density at radius 2 is 1.00 bits per heavy atom. The average molecular weight is 617 g/mol. The molecular formula is C42H80O2. The molecule has 2 heteroatoms. The van der Waals surface area contributed by atoms with E-state index in [1.807, 2.05) is 0 Å². The van der Waals surface area contributed by atoms with E-state index in [2.05, 4.69) is 59.8 Å². The van der Waals surface area contributed by atoms with Gasteiger partial charge >= 0.3 is 5.97 Å². The van der Waals surface area contributed by atoms with Crippen molar-refractivity contribution in [3.8, 4) is 0 Å². The molecule has 0 aliphatic rings. The zero-order valence-electron chi connectivity index (χ0n) is 31.1. The molecule has 0 aromatic rings. The summed E-state index contributed by atoms with van der Waals surface area (Å²) in [7, 11) is 0. The first-order chi connectivity index (χ1) is 21.3. The van der Waals surface area contributed by atoms with E-state index in [1.165, 1.54) is 153 Å². The molecule has 2 nitrogen and oxygen atoms in total. The van der Waals surface area contributed by atoms with Crippen LogP contribution in [-0.2, 0) is 9.53 Å². The molecule has 0 saturated carbocycles. The molecule has 0 amide bonds. The van der Waals surface area contributed by atoms with Crippen LogP contribution in [0.25, 0.3) is 0 Å². The van der Waals surface area contributed by atoms with Gasteiger partial charge in [0.1, 0.15) is 6.61 Å². The standard InChI is InChI=1S/C42H80O2/c1-7-8-9-10-11-12-13-14-15-16-17-18-19-20-21-22-23-24-25-35-42(43)44-37-36-41(6)34-28-33-40(5)32-27-31-39(4)30-26-29-38(2)3/h14-15,36,38-40H,7-13,16-35,37H2,1-6H3. The Morgan fingerprint density at radius 1 is 0.545 bits per heavy atom. The maximum Gasteiger partial charge on any atom is 0.306 e. The van der Waals surface area contributed by atoms with Crippen molar-refractivity contribution >= 4 is 5.97 Å². The first-order valence-electron chi connectivity index (χ1n) is 19.8. The number of hydrogen-bond donors (Lipinski definition) is 0. The largest absolute Gasteiger partial charge is 0.461 e. The molecule has 44 heavy (non-hydrogen) atoms. The third-order valence-corrected chi connectivity index (χ3v) is 9.46. The SMILES string of the molecule is CCCCCCCCC=CCCCCCCCCCCCC(=O)OCC=C(C)CCCC(C)CCCC(C)CCCC(C)C. The number of rotatable bonds is 33. The number of allylic oxidation sites excluding steroid dienone is 3. The van der Waals surface area contributed by atoms with Gasteiger partial charge in [-0.15, -0.1) is 0 Å². The lowest BCUT2D eigenvalue weighted by atomic mass is 9.91. The van der Waals surface area contributed by atoms with Crippen molar-refractivity contribution in [1.82, 2.24) is 0 Å². The summed E-state index contributed by atoms with van der Waals surface area (Å²) < 4.78 is 5.47. The molecule has 0 aliphatic heterocycles. The van der Waals surface area contributed by atoms with Crippen LogP contribution >= 0.6 is 0 Å². The summed E-state index contributed by atoms with van der Waals surface area (Å²) in [4.78, 5) is 12.1. The van der Waals surface area contributed by atoms with Crippen LogP contribution in [0.4, 0.5) is 0 Å². The topological polar surface area (TPSA) is 26.3 Å². The van der Waals surface area contributed by atoms with Gasteiger partial charge in [0.15, 0.2) is 0 Å². The second-order valence-electron chi connectivity index (χ2n) is 14.8. The number of unbranched alkanes of at least 4 members (excludes halogenated alkanes) is 15. The van der Waals surface area contributed by atoms with E-state index in [1.54, 1.807) is 0 Å². The second-order valence-corrected chi connectivity index (χ2v) is 14.8. The number of ether oxygens (including phenoxy) is 1. The van der Waals surface area contributed by atoms with E-state index in [9.17, 15) is 4.79 Å². The van der Waals surface area contributed by atoms with Crippen molar-refractivity contribution < 1.29 is 9.53 Å². The lowest BCUT2D eigenvalue weighted by Crippen LogP contribution is -2.04. The summed E-state index contributed by atoms with van der Waals surface area (Å²) in [6.45, 7) is 14.4. The summed E-state index contributed by atoms with van der Waals surface area (Å²) >= 11 is 0. The maximum absolute atomic E-state index is 12.1. The molecule has 0 aliphatic carbocycles. The van der Waals surface area contributed by atoms with Gasteiger partial charge in [-0.05, 0) is 75.7 Å². The van der Waals surface area contributed by atoms with Crippen molar-refractivity contribution in [2.75, 3.05) is 6.61 Å². The van der Waals surface area contributed by atoms with Crippen LogP contribution in [0.3, 0.4) is 0 Å². The van der Waals surface area contributed by atoms with Gasteiger partial charge in [-0.1, -0.05) is 174 Å².